The van der Waals surface area contributed by atoms with Crippen LogP contribution in [0.5, 0.6) is 0 Å². The monoisotopic (exact) mass is 370 g/mol. The summed E-state index contributed by atoms with van der Waals surface area (Å²) < 4.78 is 9.74. The molecule has 3 N–H and O–H groups in total. The van der Waals surface area contributed by atoms with E-state index in [4.69, 9.17) is 4.74 Å². The lowest BCUT2D eigenvalue weighted by molar-refractivity contribution is -0.132. The highest BCUT2D eigenvalue weighted by atomic mass is 16.6. The van der Waals surface area contributed by atoms with Crippen molar-refractivity contribution in [3.05, 3.63) is 11.4 Å². The fourth-order valence-corrected chi connectivity index (χ4v) is 2.69. The molecular formula is C16H26N4O6. The van der Waals surface area contributed by atoms with Gasteiger partial charge in [0, 0.05) is 13.1 Å². The van der Waals surface area contributed by atoms with Crippen molar-refractivity contribution >= 4 is 12.0 Å². The number of aliphatic hydroxyl groups excluding tert-OH is 2. The van der Waals surface area contributed by atoms with E-state index in [1.807, 2.05) is 0 Å². The van der Waals surface area contributed by atoms with Gasteiger partial charge in [0.15, 0.2) is 0 Å². The summed E-state index contributed by atoms with van der Waals surface area (Å²) in [5, 5.41) is 30.4. The number of aliphatic hydroxyl groups is 2. The third-order valence-electron chi connectivity index (χ3n) is 3.95. The quantitative estimate of drug-likeness (QED) is 0.663. The van der Waals surface area contributed by atoms with Crippen molar-refractivity contribution in [2.45, 2.75) is 64.4 Å². The van der Waals surface area contributed by atoms with Gasteiger partial charge >= 0.3 is 6.09 Å². The van der Waals surface area contributed by atoms with Gasteiger partial charge in [-0.25, -0.2) is 9.42 Å². The van der Waals surface area contributed by atoms with Crippen LogP contribution in [-0.2, 0) is 16.0 Å². The Morgan fingerprint density at radius 3 is 2.58 bits per heavy atom. The number of likely N-dealkylation sites (tertiary alicyclic amines) is 1. The minimum Gasteiger partial charge on any atom is -0.444 e. The molecule has 0 bridgehead atoms. The Balaban J connectivity index is 1.99. The maximum absolute atomic E-state index is 12.5. The minimum atomic E-state index is -1.04. The third-order valence-corrected chi connectivity index (χ3v) is 3.95. The van der Waals surface area contributed by atoms with Gasteiger partial charge in [0.05, 0.1) is 24.7 Å². The lowest BCUT2D eigenvalue weighted by Gasteiger charge is -2.26. The molecule has 1 aliphatic rings. The molecule has 2 heterocycles. The molecule has 2 amide bonds. The second-order valence-electron chi connectivity index (χ2n) is 7.48. The molecule has 146 valence electrons. The summed E-state index contributed by atoms with van der Waals surface area (Å²) in [6.07, 6.45) is -2.56. The van der Waals surface area contributed by atoms with Crippen LogP contribution in [0, 0.1) is 6.92 Å². The van der Waals surface area contributed by atoms with E-state index in [2.05, 4.69) is 20.3 Å². The number of hydrogen-bond acceptors (Lipinski definition) is 8. The molecule has 26 heavy (non-hydrogen) atoms. The molecule has 10 heteroatoms. The van der Waals surface area contributed by atoms with Crippen LogP contribution in [0.15, 0.2) is 4.63 Å². The average Bonchev–Trinajstić information content (AvgIpc) is 2.82. The number of hydrogen-bond donors (Lipinski definition) is 3. The molecule has 1 fully saturated rings. The predicted octanol–water partition coefficient (Wildman–Crippen LogP) is -0.232. The fraction of sp³-hybridized carbons (Fsp3) is 0.750. The summed E-state index contributed by atoms with van der Waals surface area (Å²) in [7, 11) is 0. The Kier molecular flexibility index (Phi) is 6.19. The molecule has 10 nitrogen and oxygen atoms in total. The first kappa shape index (κ1) is 20.1. The van der Waals surface area contributed by atoms with Crippen LogP contribution in [0.1, 0.15) is 38.6 Å². The molecule has 1 aliphatic heterocycles. The van der Waals surface area contributed by atoms with Crippen molar-refractivity contribution in [1.82, 2.24) is 20.5 Å². The fourth-order valence-electron chi connectivity index (χ4n) is 2.69. The van der Waals surface area contributed by atoms with E-state index in [1.54, 1.807) is 27.7 Å². The standard InChI is InChI=1S/C16H26N4O6/c1-9-11(19-26-18-9)6-14(23)20-7-10(21)5-12(13(22)8-20)17-15(24)25-16(2,3)4/h10,12-13,21-22H,5-8H2,1-4H3,(H,17,24)/t10-,12-,13-/m1/s1. The van der Waals surface area contributed by atoms with Crippen molar-refractivity contribution in [2.75, 3.05) is 13.1 Å². The Labute approximate surface area is 151 Å². The highest BCUT2D eigenvalue weighted by molar-refractivity contribution is 5.78. The molecule has 0 radical (unpaired) electrons. The predicted molar refractivity (Wildman–Crippen MR) is 89.1 cm³/mol. The van der Waals surface area contributed by atoms with E-state index >= 15 is 0 Å². The van der Waals surface area contributed by atoms with Gasteiger partial charge in [-0.3, -0.25) is 4.79 Å². The van der Waals surface area contributed by atoms with Gasteiger partial charge < -0.3 is 25.2 Å². The molecule has 1 aromatic rings. The van der Waals surface area contributed by atoms with Gasteiger partial charge in [-0.15, -0.1) is 0 Å². The number of ether oxygens (including phenoxy) is 1. The van der Waals surface area contributed by atoms with E-state index in [1.165, 1.54) is 4.90 Å². The van der Waals surface area contributed by atoms with Gasteiger partial charge in [-0.2, -0.15) is 0 Å². The van der Waals surface area contributed by atoms with Crippen LogP contribution >= 0.6 is 0 Å². The van der Waals surface area contributed by atoms with Crippen molar-refractivity contribution in [1.29, 1.82) is 0 Å². The molecule has 0 saturated carbocycles. The van der Waals surface area contributed by atoms with Gasteiger partial charge in [-0.1, -0.05) is 10.3 Å². The van der Waals surface area contributed by atoms with E-state index in [-0.39, 0.29) is 31.8 Å². The summed E-state index contributed by atoms with van der Waals surface area (Å²) in [5.74, 6) is -0.320. The number of aromatic nitrogens is 2. The summed E-state index contributed by atoms with van der Waals surface area (Å²) in [6.45, 7) is 6.88. The van der Waals surface area contributed by atoms with Crippen LogP contribution in [0.4, 0.5) is 4.79 Å². The first-order chi connectivity index (χ1) is 12.0. The van der Waals surface area contributed by atoms with E-state index in [9.17, 15) is 19.8 Å². The number of β-amino-alcohol motifs (C(OH)–C–C–N with tert-alkyl or cyclic N) is 2. The van der Waals surface area contributed by atoms with Crippen molar-refractivity contribution in [3.63, 3.8) is 0 Å². The SMILES string of the molecule is Cc1nonc1CC(=O)N1C[C@H](O)C[C@@H](NC(=O)OC(C)(C)C)[C@H](O)C1. The lowest BCUT2D eigenvalue weighted by Crippen LogP contribution is -2.48. The van der Waals surface area contributed by atoms with Gasteiger partial charge in [0.25, 0.3) is 0 Å². The summed E-state index contributed by atoms with van der Waals surface area (Å²) in [4.78, 5) is 25.7. The van der Waals surface area contributed by atoms with Crippen molar-refractivity contribution in [2.24, 2.45) is 0 Å². The van der Waals surface area contributed by atoms with Crippen LogP contribution in [0.25, 0.3) is 0 Å². The molecule has 0 unspecified atom stereocenters. The molecule has 0 spiro atoms. The zero-order chi connectivity index (χ0) is 19.5. The van der Waals surface area contributed by atoms with E-state index in [0.717, 1.165) is 0 Å². The number of amides is 2. The Hall–Kier alpha value is -2.20. The molecular weight excluding hydrogens is 344 g/mol. The van der Waals surface area contributed by atoms with Crippen LogP contribution in [0.3, 0.4) is 0 Å². The van der Waals surface area contributed by atoms with Crippen LogP contribution in [-0.4, -0.2) is 74.4 Å². The zero-order valence-corrected chi connectivity index (χ0v) is 15.4. The highest BCUT2D eigenvalue weighted by Crippen LogP contribution is 2.16. The Bertz CT molecular complexity index is 641. The molecule has 1 saturated heterocycles. The first-order valence-corrected chi connectivity index (χ1v) is 8.46. The van der Waals surface area contributed by atoms with Gasteiger partial charge in [0.1, 0.15) is 17.0 Å². The second-order valence-corrected chi connectivity index (χ2v) is 7.48. The molecule has 0 aromatic carbocycles. The topological polar surface area (TPSA) is 138 Å². The number of rotatable bonds is 3. The van der Waals surface area contributed by atoms with Crippen LogP contribution in [0.2, 0.25) is 0 Å². The normalized spacial score (nSPS) is 24.1. The Morgan fingerprint density at radius 1 is 1.31 bits per heavy atom. The number of alkyl carbamates (subject to hydrolysis) is 1. The summed E-state index contributed by atoms with van der Waals surface area (Å²) >= 11 is 0. The molecule has 2 rings (SSSR count). The smallest absolute Gasteiger partial charge is 0.407 e. The number of nitrogens with one attached hydrogen (secondary N) is 1. The van der Waals surface area contributed by atoms with Gasteiger partial charge in [0.2, 0.25) is 5.91 Å². The molecule has 3 atom stereocenters. The number of aryl methyl sites for hydroxylation is 1. The average molecular weight is 370 g/mol. The highest BCUT2D eigenvalue weighted by Gasteiger charge is 2.34. The number of carbonyl (C=O) groups is 2. The van der Waals surface area contributed by atoms with Crippen LogP contribution < -0.4 is 5.32 Å². The maximum Gasteiger partial charge on any atom is 0.407 e. The molecule has 1 aromatic heterocycles. The number of nitrogens with zero attached hydrogens (tertiary/aromatic N) is 3. The van der Waals surface area contributed by atoms with E-state index in [0.29, 0.717) is 11.4 Å². The summed E-state index contributed by atoms with van der Waals surface area (Å²) in [5.41, 5.74) is 0.245. The summed E-state index contributed by atoms with van der Waals surface area (Å²) in [6, 6.07) is -0.729. The maximum atomic E-state index is 12.5. The van der Waals surface area contributed by atoms with Crippen molar-refractivity contribution in [3.8, 4) is 0 Å². The van der Waals surface area contributed by atoms with Crippen molar-refractivity contribution < 1.29 is 29.2 Å². The Morgan fingerprint density at radius 2 is 2.00 bits per heavy atom. The zero-order valence-electron chi connectivity index (χ0n) is 15.4. The van der Waals surface area contributed by atoms with E-state index < -0.39 is 29.9 Å². The second kappa shape index (κ2) is 8.00. The van der Waals surface area contributed by atoms with Gasteiger partial charge in [-0.05, 0) is 34.1 Å². The number of carbonyl (C=O) groups excluding carboxylic acids is 2. The lowest BCUT2D eigenvalue weighted by atomic mass is 10.1. The minimum absolute atomic E-state index is 0.0271. The largest absolute Gasteiger partial charge is 0.444 e. The molecule has 0 aliphatic carbocycles. The third kappa shape index (κ3) is 5.67. The first-order valence-electron chi connectivity index (χ1n) is 8.46.